The molecule has 1 fully saturated rings. The predicted molar refractivity (Wildman–Crippen MR) is 89.5 cm³/mol. The molecule has 1 amide bonds. The van der Waals surface area contributed by atoms with Crippen molar-refractivity contribution in [2.75, 3.05) is 31.9 Å². The molecule has 0 spiro atoms. The summed E-state index contributed by atoms with van der Waals surface area (Å²) in [4.78, 5) is 16.6. The molecule has 8 heteroatoms. The molecule has 0 radical (unpaired) electrons. The zero-order valence-electron chi connectivity index (χ0n) is 12.9. The van der Waals surface area contributed by atoms with E-state index in [0.717, 1.165) is 29.3 Å². The first-order valence-corrected chi connectivity index (χ1v) is 8.62. The third-order valence-electron chi connectivity index (χ3n) is 3.85. The van der Waals surface area contributed by atoms with Gasteiger partial charge in [-0.1, -0.05) is 0 Å². The van der Waals surface area contributed by atoms with Gasteiger partial charge in [0, 0.05) is 30.0 Å². The molecule has 1 aromatic heterocycles. The number of carbonyl (C=O) groups excluding carboxylic acids is 1. The third kappa shape index (κ3) is 3.35. The summed E-state index contributed by atoms with van der Waals surface area (Å²) in [5.74, 6) is 1.39. The summed E-state index contributed by atoms with van der Waals surface area (Å²) >= 11 is 1.40. The van der Waals surface area contributed by atoms with Crippen LogP contribution in [0.25, 0.3) is 11.3 Å². The smallest absolute Gasteiger partial charge is 0.231 e. The zero-order valence-corrected chi connectivity index (χ0v) is 13.7. The molecule has 1 unspecified atom stereocenters. The molecule has 1 atom stereocenters. The van der Waals surface area contributed by atoms with Gasteiger partial charge in [-0.3, -0.25) is 4.79 Å². The first kappa shape index (κ1) is 15.4. The summed E-state index contributed by atoms with van der Waals surface area (Å²) < 4.78 is 16.0. The predicted octanol–water partition coefficient (Wildman–Crippen LogP) is 1.86. The molecule has 2 N–H and O–H groups in total. The number of nitrogens with one attached hydrogen (secondary N) is 2. The molecular formula is C16H17N3O4S. The second kappa shape index (κ2) is 6.76. The van der Waals surface area contributed by atoms with Crippen molar-refractivity contribution in [3.8, 4) is 22.8 Å². The molecule has 0 saturated carbocycles. The van der Waals surface area contributed by atoms with Crippen LogP contribution in [-0.2, 0) is 9.53 Å². The second-order valence-electron chi connectivity index (χ2n) is 5.58. The van der Waals surface area contributed by atoms with E-state index in [0.29, 0.717) is 24.8 Å². The van der Waals surface area contributed by atoms with Gasteiger partial charge in [-0.2, -0.15) is 0 Å². The van der Waals surface area contributed by atoms with Crippen molar-refractivity contribution >= 4 is 22.4 Å². The van der Waals surface area contributed by atoms with Crippen molar-refractivity contribution in [1.82, 2.24) is 10.3 Å². The third-order valence-corrected chi connectivity index (χ3v) is 4.61. The minimum absolute atomic E-state index is 0.0621. The Hall–Kier alpha value is -2.16. The molecule has 126 valence electrons. The maximum Gasteiger partial charge on any atom is 0.231 e. The molecule has 1 saturated heterocycles. The monoisotopic (exact) mass is 347 g/mol. The highest BCUT2D eigenvalue weighted by atomic mass is 32.1. The summed E-state index contributed by atoms with van der Waals surface area (Å²) in [6.45, 7) is 2.29. The van der Waals surface area contributed by atoms with Crippen molar-refractivity contribution in [2.45, 2.75) is 12.5 Å². The lowest BCUT2D eigenvalue weighted by atomic mass is 10.1. The molecule has 3 heterocycles. The molecule has 2 aromatic rings. The van der Waals surface area contributed by atoms with Crippen molar-refractivity contribution < 1.29 is 19.0 Å². The first-order chi connectivity index (χ1) is 11.8. The number of amides is 1. The van der Waals surface area contributed by atoms with E-state index in [1.54, 1.807) is 0 Å². The molecule has 24 heavy (non-hydrogen) atoms. The highest BCUT2D eigenvalue weighted by Gasteiger charge is 2.18. The highest BCUT2D eigenvalue weighted by molar-refractivity contribution is 7.14. The quantitative estimate of drug-likeness (QED) is 0.879. The molecule has 2 aliphatic rings. The van der Waals surface area contributed by atoms with E-state index in [-0.39, 0.29) is 18.7 Å². The first-order valence-electron chi connectivity index (χ1n) is 7.74. The molecule has 2 aliphatic heterocycles. The molecular weight excluding hydrogens is 330 g/mol. The molecule has 7 nitrogen and oxygen atoms in total. The number of fused-ring (bicyclic) bond motifs is 1. The number of aromatic nitrogens is 1. The minimum Gasteiger partial charge on any atom is -0.454 e. The van der Waals surface area contributed by atoms with Crippen molar-refractivity contribution in [1.29, 1.82) is 0 Å². The van der Waals surface area contributed by atoms with Gasteiger partial charge in [-0.25, -0.2) is 4.98 Å². The van der Waals surface area contributed by atoms with Crippen LogP contribution >= 0.6 is 11.3 Å². The van der Waals surface area contributed by atoms with Crippen molar-refractivity contribution in [3.05, 3.63) is 23.6 Å². The average Bonchev–Trinajstić information content (AvgIpc) is 3.24. The Labute approximate surface area is 142 Å². The number of thiazole rings is 1. The Balaban J connectivity index is 1.40. The fourth-order valence-electron chi connectivity index (χ4n) is 2.66. The summed E-state index contributed by atoms with van der Waals surface area (Å²) in [5, 5.41) is 8.61. The van der Waals surface area contributed by atoms with E-state index in [4.69, 9.17) is 14.2 Å². The standard InChI is InChI=1S/C16H17N3O4S/c20-15(6-11-7-21-4-3-17-11)19-16-18-12(8-24-16)10-1-2-13-14(5-10)23-9-22-13/h1-2,5,8,11,17H,3-4,6-7,9H2,(H,18,19,20). The number of hydrogen-bond acceptors (Lipinski definition) is 7. The van der Waals surface area contributed by atoms with Crippen LogP contribution in [0.5, 0.6) is 11.5 Å². The SMILES string of the molecule is O=C(CC1COCCN1)Nc1nc(-c2ccc3c(c2)OCO3)cs1. The number of anilines is 1. The van der Waals surface area contributed by atoms with Crippen LogP contribution in [-0.4, -0.2) is 43.5 Å². The lowest BCUT2D eigenvalue weighted by Gasteiger charge is -2.22. The van der Waals surface area contributed by atoms with Crippen LogP contribution in [0, 0.1) is 0 Å². The fraction of sp³-hybridized carbons (Fsp3) is 0.375. The van der Waals surface area contributed by atoms with Gasteiger partial charge < -0.3 is 24.8 Å². The molecule has 4 rings (SSSR count). The summed E-state index contributed by atoms with van der Waals surface area (Å²) in [7, 11) is 0. The van der Waals surface area contributed by atoms with E-state index >= 15 is 0 Å². The van der Waals surface area contributed by atoms with Crippen LogP contribution in [0.2, 0.25) is 0 Å². The normalized spacial score (nSPS) is 19.2. The maximum atomic E-state index is 12.1. The highest BCUT2D eigenvalue weighted by Crippen LogP contribution is 2.36. The van der Waals surface area contributed by atoms with Crippen LogP contribution in [0.1, 0.15) is 6.42 Å². The van der Waals surface area contributed by atoms with E-state index in [1.807, 2.05) is 23.6 Å². The summed E-state index contributed by atoms with van der Waals surface area (Å²) in [6.07, 6.45) is 0.374. The van der Waals surface area contributed by atoms with E-state index in [1.165, 1.54) is 11.3 Å². The Morgan fingerprint density at radius 3 is 3.17 bits per heavy atom. The topological polar surface area (TPSA) is 81.7 Å². The van der Waals surface area contributed by atoms with E-state index < -0.39 is 0 Å². The Kier molecular flexibility index (Phi) is 4.33. The van der Waals surface area contributed by atoms with Crippen LogP contribution in [0.4, 0.5) is 5.13 Å². The Morgan fingerprint density at radius 1 is 1.38 bits per heavy atom. The maximum absolute atomic E-state index is 12.1. The van der Waals surface area contributed by atoms with Gasteiger partial charge in [0.2, 0.25) is 12.7 Å². The van der Waals surface area contributed by atoms with E-state index in [9.17, 15) is 4.79 Å². The summed E-state index contributed by atoms with van der Waals surface area (Å²) in [6, 6.07) is 5.75. The van der Waals surface area contributed by atoms with Gasteiger partial charge in [0.1, 0.15) is 0 Å². The molecule has 0 bridgehead atoms. The van der Waals surface area contributed by atoms with E-state index in [2.05, 4.69) is 15.6 Å². The zero-order chi connectivity index (χ0) is 16.4. The number of ether oxygens (including phenoxy) is 3. The second-order valence-corrected chi connectivity index (χ2v) is 6.44. The van der Waals surface area contributed by atoms with Crippen LogP contribution in [0.3, 0.4) is 0 Å². The van der Waals surface area contributed by atoms with Gasteiger partial charge in [0.25, 0.3) is 0 Å². The van der Waals surface area contributed by atoms with Gasteiger partial charge in [-0.15, -0.1) is 11.3 Å². The summed E-state index contributed by atoms with van der Waals surface area (Å²) in [5.41, 5.74) is 1.73. The Bertz CT molecular complexity index is 743. The molecule has 1 aromatic carbocycles. The number of nitrogens with zero attached hydrogens (tertiary/aromatic N) is 1. The van der Waals surface area contributed by atoms with Crippen LogP contribution in [0.15, 0.2) is 23.6 Å². The van der Waals surface area contributed by atoms with Gasteiger partial charge in [0.05, 0.1) is 18.9 Å². The average molecular weight is 347 g/mol. The number of rotatable bonds is 4. The Morgan fingerprint density at radius 2 is 2.29 bits per heavy atom. The lowest BCUT2D eigenvalue weighted by Crippen LogP contribution is -2.43. The van der Waals surface area contributed by atoms with Gasteiger partial charge in [0.15, 0.2) is 16.6 Å². The number of benzene rings is 1. The van der Waals surface area contributed by atoms with Crippen LogP contribution < -0.4 is 20.1 Å². The van der Waals surface area contributed by atoms with Crippen molar-refractivity contribution in [2.24, 2.45) is 0 Å². The van der Waals surface area contributed by atoms with Crippen molar-refractivity contribution in [3.63, 3.8) is 0 Å². The molecule has 0 aliphatic carbocycles. The van der Waals surface area contributed by atoms with Gasteiger partial charge >= 0.3 is 0 Å². The van der Waals surface area contributed by atoms with Gasteiger partial charge in [-0.05, 0) is 18.2 Å². The number of hydrogen-bond donors (Lipinski definition) is 2. The fourth-order valence-corrected chi connectivity index (χ4v) is 3.40. The number of carbonyl (C=O) groups is 1. The minimum atomic E-state index is -0.0652. The lowest BCUT2D eigenvalue weighted by molar-refractivity contribution is -0.117. The largest absolute Gasteiger partial charge is 0.454 e. The number of morpholine rings is 1.